The van der Waals surface area contributed by atoms with Crippen LogP contribution in [0.4, 0.5) is 0 Å². The average Bonchev–Trinajstić information content (AvgIpc) is 2.50. The lowest BCUT2D eigenvalue weighted by Gasteiger charge is -2.23. The fourth-order valence-corrected chi connectivity index (χ4v) is 2.22. The molecule has 0 bridgehead atoms. The minimum atomic E-state index is -0.478. The summed E-state index contributed by atoms with van der Waals surface area (Å²) >= 11 is 1.53. The number of rotatable bonds is 2. The van der Waals surface area contributed by atoms with Gasteiger partial charge in [-0.1, -0.05) is 0 Å². The van der Waals surface area contributed by atoms with Crippen molar-refractivity contribution in [3.8, 4) is 0 Å². The van der Waals surface area contributed by atoms with Crippen molar-refractivity contribution >= 4 is 23.3 Å². The molecule has 2 heterocycles. The lowest BCUT2D eigenvalue weighted by atomic mass is 10.3. The van der Waals surface area contributed by atoms with Crippen LogP contribution in [-0.4, -0.2) is 34.9 Å². The van der Waals surface area contributed by atoms with E-state index in [2.05, 4.69) is 9.72 Å². The molecule has 2 rings (SSSR count). The van der Waals surface area contributed by atoms with E-state index in [1.165, 1.54) is 11.3 Å². The maximum Gasteiger partial charge on any atom is 0.327 e. The van der Waals surface area contributed by atoms with Crippen LogP contribution < -0.4 is 0 Å². The average molecular weight is 226 g/mol. The highest BCUT2D eigenvalue weighted by molar-refractivity contribution is 7.09. The highest BCUT2D eigenvalue weighted by Gasteiger charge is 2.25. The lowest BCUT2D eigenvalue weighted by molar-refractivity contribution is -0.167. The molecule has 0 aliphatic carbocycles. The monoisotopic (exact) mass is 226 g/mol. The van der Waals surface area contributed by atoms with Gasteiger partial charge in [0.15, 0.2) is 0 Å². The summed E-state index contributed by atoms with van der Waals surface area (Å²) in [5.41, 5.74) is 2.71. The highest BCUT2D eigenvalue weighted by atomic mass is 32.1. The van der Waals surface area contributed by atoms with E-state index in [4.69, 9.17) is 0 Å². The molecule has 6 heteroatoms. The molecule has 1 saturated heterocycles. The molecule has 1 aromatic rings. The van der Waals surface area contributed by atoms with E-state index in [9.17, 15) is 9.59 Å². The number of aromatic nitrogens is 1. The van der Waals surface area contributed by atoms with Crippen LogP contribution in [0.3, 0.4) is 0 Å². The Morgan fingerprint density at radius 2 is 2.13 bits per heavy atom. The molecule has 0 amide bonds. The molecule has 15 heavy (non-hydrogen) atoms. The Bertz CT molecular complexity index is 386. The van der Waals surface area contributed by atoms with Crippen molar-refractivity contribution in [2.45, 2.75) is 13.5 Å². The summed E-state index contributed by atoms with van der Waals surface area (Å²) in [6, 6.07) is 0. The summed E-state index contributed by atoms with van der Waals surface area (Å²) in [5, 5.41) is 0. The summed E-state index contributed by atoms with van der Waals surface area (Å²) in [6.45, 7) is 2.83. The van der Waals surface area contributed by atoms with Crippen molar-refractivity contribution in [1.29, 1.82) is 0 Å². The van der Waals surface area contributed by atoms with Gasteiger partial charge in [-0.3, -0.25) is 14.5 Å². The van der Waals surface area contributed by atoms with Gasteiger partial charge in [0.2, 0.25) is 0 Å². The van der Waals surface area contributed by atoms with Gasteiger partial charge in [0.05, 0.1) is 24.3 Å². The number of esters is 2. The topological polar surface area (TPSA) is 59.5 Å². The van der Waals surface area contributed by atoms with Crippen molar-refractivity contribution in [3.63, 3.8) is 0 Å². The summed E-state index contributed by atoms with van der Waals surface area (Å²) in [7, 11) is 0. The van der Waals surface area contributed by atoms with Crippen LogP contribution in [-0.2, 0) is 20.9 Å². The third-order valence-electron chi connectivity index (χ3n) is 2.15. The SMILES string of the molecule is Cc1ncsc1CN1CC(=O)OC(=O)C1. The molecule has 1 aliphatic heterocycles. The van der Waals surface area contributed by atoms with E-state index in [0.29, 0.717) is 6.54 Å². The molecule has 80 valence electrons. The lowest BCUT2D eigenvalue weighted by Crippen LogP contribution is -2.42. The van der Waals surface area contributed by atoms with Gasteiger partial charge >= 0.3 is 11.9 Å². The van der Waals surface area contributed by atoms with Crippen LogP contribution in [0.1, 0.15) is 10.6 Å². The fourth-order valence-electron chi connectivity index (χ4n) is 1.41. The third-order valence-corrected chi connectivity index (χ3v) is 3.07. The van der Waals surface area contributed by atoms with E-state index in [1.807, 2.05) is 6.92 Å². The van der Waals surface area contributed by atoms with Gasteiger partial charge in [0.25, 0.3) is 0 Å². The van der Waals surface area contributed by atoms with E-state index in [0.717, 1.165) is 10.6 Å². The number of aryl methyl sites for hydroxylation is 1. The first-order valence-electron chi connectivity index (χ1n) is 4.50. The van der Waals surface area contributed by atoms with Gasteiger partial charge < -0.3 is 4.74 Å². The first-order valence-corrected chi connectivity index (χ1v) is 5.38. The van der Waals surface area contributed by atoms with Crippen LogP contribution in [0.15, 0.2) is 5.51 Å². The molecule has 5 nitrogen and oxygen atoms in total. The number of carbonyl (C=O) groups is 2. The number of hydrogen-bond acceptors (Lipinski definition) is 6. The second-order valence-electron chi connectivity index (χ2n) is 3.35. The number of ether oxygens (including phenoxy) is 1. The molecule has 0 aromatic carbocycles. The molecule has 0 spiro atoms. The van der Waals surface area contributed by atoms with Crippen LogP contribution >= 0.6 is 11.3 Å². The number of hydrogen-bond donors (Lipinski definition) is 0. The zero-order valence-electron chi connectivity index (χ0n) is 8.23. The highest BCUT2D eigenvalue weighted by Crippen LogP contribution is 2.15. The molecule has 1 aromatic heterocycles. The summed E-state index contributed by atoms with van der Waals surface area (Å²) in [5.74, 6) is -0.957. The molecule has 1 aliphatic rings. The Morgan fingerprint density at radius 1 is 1.47 bits per heavy atom. The summed E-state index contributed by atoms with van der Waals surface area (Å²) in [6.07, 6.45) is 0. The van der Waals surface area contributed by atoms with Crippen molar-refractivity contribution in [1.82, 2.24) is 9.88 Å². The Hall–Kier alpha value is -1.27. The molecule has 0 radical (unpaired) electrons. The van der Waals surface area contributed by atoms with E-state index in [1.54, 1.807) is 10.4 Å². The third kappa shape index (κ3) is 2.40. The number of carbonyl (C=O) groups excluding carboxylic acids is 2. The van der Waals surface area contributed by atoms with Gasteiger partial charge in [-0.25, -0.2) is 4.98 Å². The van der Waals surface area contributed by atoms with E-state index >= 15 is 0 Å². The van der Waals surface area contributed by atoms with Gasteiger partial charge in [0, 0.05) is 11.4 Å². The standard InChI is InChI=1S/C9H10N2O3S/c1-6-7(15-5-10-6)2-11-3-8(12)14-9(13)4-11/h5H,2-4H2,1H3. The van der Waals surface area contributed by atoms with Crippen LogP contribution in [0, 0.1) is 6.92 Å². The van der Waals surface area contributed by atoms with Gasteiger partial charge in [-0.2, -0.15) is 0 Å². The molecule has 0 saturated carbocycles. The maximum atomic E-state index is 11.0. The predicted molar refractivity (Wildman–Crippen MR) is 53.2 cm³/mol. The van der Waals surface area contributed by atoms with Crippen molar-refractivity contribution in [3.05, 3.63) is 16.1 Å². The molecule has 1 fully saturated rings. The van der Waals surface area contributed by atoms with Crippen molar-refractivity contribution in [2.24, 2.45) is 0 Å². The number of cyclic esters (lactones) is 2. The number of nitrogens with zero attached hydrogens (tertiary/aromatic N) is 2. The van der Waals surface area contributed by atoms with Crippen molar-refractivity contribution < 1.29 is 14.3 Å². The first kappa shape index (κ1) is 10.3. The maximum absolute atomic E-state index is 11.0. The van der Waals surface area contributed by atoms with Crippen LogP contribution in [0.25, 0.3) is 0 Å². The second-order valence-corrected chi connectivity index (χ2v) is 4.29. The Balaban J connectivity index is 2.03. The first-order chi connectivity index (χ1) is 7.15. The summed E-state index contributed by atoms with van der Waals surface area (Å²) in [4.78, 5) is 29.0. The van der Waals surface area contributed by atoms with Crippen LogP contribution in [0.2, 0.25) is 0 Å². The van der Waals surface area contributed by atoms with Gasteiger partial charge in [-0.15, -0.1) is 11.3 Å². The quantitative estimate of drug-likeness (QED) is 0.537. The van der Waals surface area contributed by atoms with E-state index in [-0.39, 0.29) is 13.1 Å². The largest absolute Gasteiger partial charge is 0.391 e. The Kier molecular flexibility index (Phi) is 2.79. The second kappa shape index (κ2) is 4.08. The smallest absolute Gasteiger partial charge is 0.327 e. The molecular formula is C9H10N2O3S. The minimum Gasteiger partial charge on any atom is -0.391 e. The zero-order chi connectivity index (χ0) is 10.8. The zero-order valence-corrected chi connectivity index (χ0v) is 9.04. The summed E-state index contributed by atoms with van der Waals surface area (Å²) < 4.78 is 4.43. The molecule has 0 N–H and O–H groups in total. The minimum absolute atomic E-state index is 0.170. The number of thiazole rings is 1. The molecule has 0 atom stereocenters. The predicted octanol–water partition coefficient (Wildman–Crippen LogP) is 0.337. The van der Waals surface area contributed by atoms with Crippen molar-refractivity contribution in [2.75, 3.05) is 13.1 Å². The Morgan fingerprint density at radius 3 is 2.67 bits per heavy atom. The number of morpholine rings is 1. The van der Waals surface area contributed by atoms with E-state index < -0.39 is 11.9 Å². The fraction of sp³-hybridized carbons (Fsp3) is 0.444. The van der Waals surface area contributed by atoms with Gasteiger partial charge in [-0.05, 0) is 6.92 Å². The van der Waals surface area contributed by atoms with Crippen LogP contribution in [0.5, 0.6) is 0 Å². The Labute approximate surface area is 90.7 Å². The molecule has 0 unspecified atom stereocenters. The van der Waals surface area contributed by atoms with Gasteiger partial charge in [0.1, 0.15) is 0 Å². The molecular weight excluding hydrogens is 216 g/mol. The normalized spacial score (nSPS) is 17.9.